The molecule has 7 nitrogen and oxygen atoms in total. The fourth-order valence-electron chi connectivity index (χ4n) is 3.22. The van der Waals surface area contributed by atoms with Crippen molar-refractivity contribution < 1.29 is 37.3 Å². The van der Waals surface area contributed by atoms with Gasteiger partial charge in [0.1, 0.15) is 13.2 Å². The number of nitrogens with zero attached hydrogens (tertiary/aromatic N) is 1. The van der Waals surface area contributed by atoms with Crippen molar-refractivity contribution in [3.63, 3.8) is 0 Å². The first-order valence-electron chi connectivity index (χ1n) is 8.46. The third kappa shape index (κ3) is 4.37. The van der Waals surface area contributed by atoms with Crippen LogP contribution in [0, 0.1) is 11.8 Å². The van der Waals surface area contributed by atoms with Crippen LogP contribution < -0.4 is 14.8 Å². The summed E-state index contributed by atoms with van der Waals surface area (Å²) in [7, 11) is 0. The largest absolute Gasteiger partial charge is 0.486 e. The van der Waals surface area contributed by atoms with Crippen LogP contribution in [0.25, 0.3) is 0 Å². The average Bonchev–Trinajstić information content (AvgIpc) is 3.08. The third-order valence-corrected chi connectivity index (χ3v) is 4.64. The van der Waals surface area contributed by atoms with E-state index in [0.29, 0.717) is 31.1 Å². The lowest BCUT2D eigenvalue weighted by Gasteiger charge is -2.20. The number of rotatable bonds is 4. The fourth-order valence-corrected chi connectivity index (χ4v) is 3.22. The number of ether oxygens (including phenoxy) is 2. The number of fused-ring (bicyclic) bond motifs is 1. The van der Waals surface area contributed by atoms with Gasteiger partial charge in [0.2, 0.25) is 0 Å². The van der Waals surface area contributed by atoms with E-state index in [0.717, 1.165) is 10.5 Å². The molecule has 0 spiro atoms. The normalized spacial score (nSPS) is 21.8. The molecule has 2 atom stereocenters. The Morgan fingerprint density at radius 1 is 1.19 bits per heavy atom. The summed E-state index contributed by atoms with van der Waals surface area (Å²) < 4.78 is 49.8. The molecule has 0 unspecified atom stereocenters. The van der Waals surface area contributed by atoms with E-state index in [9.17, 15) is 22.8 Å². The number of likely N-dealkylation sites (tertiary alicyclic amines) is 1. The summed E-state index contributed by atoms with van der Waals surface area (Å²) in [5.74, 6) is -4.00. The fraction of sp³-hybridized carbons (Fsp3) is 0.529. The van der Waals surface area contributed by atoms with Crippen molar-refractivity contribution in [2.45, 2.75) is 12.6 Å². The van der Waals surface area contributed by atoms with E-state index < -0.39 is 43.1 Å². The average molecular weight is 388 g/mol. The number of carbonyl (C=O) groups excluding carboxylic acids is 1. The number of hydrogen-bond donors (Lipinski definition) is 2. The zero-order chi connectivity index (χ0) is 19.6. The number of amides is 2. The summed E-state index contributed by atoms with van der Waals surface area (Å²) in [6, 6.07) is 4.66. The van der Waals surface area contributed by atoms with Crippen LogP contribution in [0.4, 0.5) is 18.0 Å². The van der Waals surface area contributed by atoms with Gasteiger partial charge in [-0.2, -0.15) is 13.2 Å². The van der Waals surface area contributed by atoms with Gasteiger partial charge >= 0.3 is 18.2 Å². The Morgan fingerprint density at radius 3 is 2.52 bits per heavy atom. The molecule has 1 aromatic rings. The van der Waals surface area contributed by atoms with Crippen LogP contribution in [0.3, 0.4) is 0 Å². The topological polar surface area (TPSA) is 88.1 Å². The predicted molar refractivity (Wildman–Crippen MR) is 86.8 cm³/mol. The van der Waals surface area contributed by atoms with Gasteiger partial charge < -0.3 is 24.8 Å². The molecule has 2 amide bonds. The molecule has 0 aromatic heterocycles. The number of nitrogens with one attached hydrogen (secondary N) is 1. The molecular formula is C17H19F3N2O5. The molecule has 1 saturated heterocycles. The van der Waals surface area contributed by atoms with Crippen molar-refractivity contribution in [2.75, 3.05) is 32.8 Å². The number of carboxylic acid groups (broad SMARTS) is 1. The van der Waals surface area contributed by atoms with Crippen molar-refractivity contribution in [3.8, 4) is 11.5 Å². The lowest BCUT2D eigenvalue weighted by Crippen LogP contribution is -2.40. The predicted octanol–water partition coefficient (Wildman–Crippen LogP) is 1.90. The van der Waals surface area contributed by atoms with Crippen LogP contribution >= 0.6 is 0 Å². The second-order valence-corrected chi connectivity index (χ2v) is 6.46. The first-order chi connectivity index (χ1) is 12.8. The molecular weight excluding hydrogens is 369 g/mol. The SMILES string of the molecule is O=C(O)[C@@H]1CN(C(=O)NCCc2ccc3c(c2)OCCO3)C[C@H]1C(F)(F)F. The number of carbonyl (C=O) groups is 2. The van der Waals surface area contributed by atoms with Crippen molar-refractivity contribution in [1.29, 1.82) is 0 Å². The van der Waals surface area contributed by atoms with Crippen LogP contribution in [-0.2, 0) is 11.2 Å². The number of carboxylic acids is 1. The lowest BCUT2D eigenvalue weighted by molar-refractivity contribution is -0.187. The molecule has 2 N–H and O–H groups in total. The molecule has 1 fully saturated rings. The van der Waals surface area contributed by atoms with Crippen molar-refractivity contribution in [3.05, 3.63) is 23.8 Å². The summed E-state index contributed by atoms with van der Waals surface area (Å²) in [6.07, 6.45) is -4.22. The Bertz CT molecular complexity index is 725. The minimum absolute atomic E-state index is 0.198. The van der Waals surface area contributed by atoms with E-state index in [-0.39, 0.29) is 6.54 Å². The highest BCUT2D eigenvalue weighted by molar-refractivity contribution is 5.77. The zero-order valence-electron chi connectivity index (χ0n) is 14.3. The van der Waals surface area contributed by atoms with Gasteiger partial charge in [-0.1, -0.05) is 6.07 Å². The molecule has 10 heteroatoms. The maximum atomic E-state index is 13.0. The number of halogens is 3. The van der Waals surface area contributed by atoms with Crippen LogP contribution in [0.2, 0.25) is 0 Å². The highest BCUT2D eigenvalue weighted by atomic mass is 19.4. The Balaban J connectivity index is 1.53. The molecule has 1 aromatic carbocycles. The van der Waals surface area contributed by atoms with Crippen molar-refractivity contribution in [2.24, 2.45) is 11.8 Å². The number of urea groups is 1. The molecule has 0 radical (unpaired) electrons. The Kier molecular flexibility index (Phi) is 5.33. The monoisotopic (exact) mass is 388 g/mol. The van der Waals surface area contributed by atoms with E-state index >= 15 is 0 Å². The minimum Gasteiger partial charge on any atom is -0.486 e. The third-order valence-electron chi connectivity index (χ3n) is 4.64. The van der Waals surface area contributed by atoms with E-state index in [2.05, 4.69) is 5.32 Å². The van der Waals surface area contributed by atoms with E-state index in [4.69, 9.17) is 14.6 Å². The smallest absolute Gasteiger partial charge is 0.394 e. The summed E-state index contributed by atoms with van der Waals surface area (Å²) in [4.78, 5) is 24.1. The first-order valence-corrected chi connectivity index (χ1v) is 8.46. The van der Waals surface area contributed by atoms with Gasteiger partial charge in [-0.3, -0.25) is 4.79 Å². The van der Waals surface area contributed by atoms with Crippen LogP contribution in [0.15, 0.2) is 18.2 Å². The molecule has 3 rings (SSSR count). The Labute approximate surface area is 153 Å². The van der Waals surface area contributed by atoms with Gasteiger partial charge in [-0.25, -0.2) is 4.79 Å². The second-order valence-electron chi connectivity index (χ2n) is 6.46. The van der Waals surface area contributed by atoms with Crippen LogP contribution in [0.1, 0.15) is 5.56 Å². The molecule has 2 aliphatic heterocycles. The number of benzene rings is 1. The molecule has 148 valence electrons. The van der Waals surface area contributed by atoms with Crippen LogP contribution in [0.5, 0.6) is 11.5 Å². The summed E-state index contributed by atoms with van der Waals surface area (Å²) >= 11 is 0. The van der Waals surface area contributed by atoms with E-state index in [1.165, 1.54) is 0 Å². The summed E-state index contributed by atoms with van der Waals surface area (Å²) in [5.41, 5.74) is 0.873. The maximum Gasteiger partial charge on any atom is 0.394 e. The Hall–Kier alpha value is -2.65. The molecule has 27 heavy (non-hydrogen) atoms. The zero-order valence-corrected chi connectivity index (χ0v) is 14.3. The number of alkyl halides is 3. The molecule has 2 aliphatic rings. The minimum atomic E-state index is -4.66. The summed E-state index contributed by atoms with van der Waals surface area (Å²) in [5, 5.41) is 11.5. The first kappa shape index (κ1) is 19.1. The van der Waals surface area contributed by atoms with E-state index in [1.54, 1.807) is 12.1 Å². The van der Waals surface area contributed by atoms with Gasteiger partial charge in [-0.15, -0.1) is 0 Å². The molecule has 0 saturated carbocycles. The highest BCUT2D eigenvalue weighted by Crippen LogP contribution is 2.37. The quantitative estimate of drug-likeness (QED) is 0.823. The molecule has 0 bridgehead atoms. The van der Waals surface area contributed by atoms with E-state index in [1.807, 2.05) is 6.07 Å². The summed E-state index contributed by atoms with van der Waals surface area (Å²) in [6.45, 7) is 0.0108. The van der Waals surface area contributed by atoms with Crippen LogP contribution in [-0.4, -0.2) is 61.0 Å². The van der Waals surface area contributed by atoms with Gasteiger partial charge in [0.25, 0.3) is 0 Å². The Morgan fingerprint density at radius 2 is 1.89 bits per heavy atom. The maximum absolute atomic E-state index is 13.0. The molecule has 0 aliphatic carbocycles. The highest BCUT2D eigenvalue weighted by Gasteiger charge is 2.53. The van der Waals surface area contributed by atoms with Crippen molar-refractivity contribution >= 4 is 12.0 Å². The standard InChI is InChI=1S/C17H19F3N2O5/c18-17(19,20)12-9-22(8-11(12)15(23)24)16(25)21-4-3-10-1-2-13-14(7-10)27-6-5-26-13/h1-2,7,11-12H,3-6,8-9H2,(H,21,25)(H,23,24)/t11-,12-/m1/s1. The van der Waals surface area contributed by atoms with Gasteiger partial charge in [0, 0.05) is 19.6 Å². The van der Waals surface area contributed by atoms with Crippen molar-refractivity contribution in [1.82, 2.24) is 10.2 Å². The van der Waals surface area contributed by atoms with Gasteiger partial charge in [-0.05, 0) is 24.1 Å². The lowest BCUT2D eigenvalue weighted by atomic mass is 9.96. The second kappa shape index (κ2) is 7.53. The molecule has 2 heterocycles. The number of aliphatic carboxylic acids is 1. The number of hydrogen-bond acceptors (Lipinski definition) is 4. The van der Waals surface area contributed by atoms with Gasteiger partial charge in [0.05, 0.1) is 11.8 Å². The van der Waals surface area contributed by atoms with Gasteiger partial charge in [0.15, 0.2) is 11.5 Å².